The molecule has 2 unspecified atom stereocenters. The van der Waals surface area contributed by atoms with Gasteiger partial charge in [-0.15, -0.1) is 0 Å². The largest absolute Gasteiger partial charge is 0.310 e. The summed E-state index contributed by atoms with van der Waals surface area (Å²) in [5.41, 5.74) is 2.79. The number of nitrogens with one attached hydrogen (secondary N) is 1. The van der Waals surface area contributed by atoms with Crippen molar-refractivity contribution in [2.24, 2.45) is 5.41 Å². The summed E-state index contributed by atoms with van der Waals surface area (Å²) in [5, 5.41) is 3.77. The summed E-state index contributed by atoms with van der Waals surface area (Å²) < 4.78 is 0. The monoisotopic (exact) mass is 289 g/mol. The average molecular weight is 289 g/mol. The van der Waals surface area contributed by atoms with Gasteiger partial charge in [-0.1, -0.05) is 33.8 Å². The Morgan fingerprint density at radius 1 is 1.38 bits per heavy atom. The summed E-state index contributed by atoms with van der Waals surface area (Å²) in [4.78, 5) is 7.32. The maximum atomic E-state index is 4.69. The van der Waals surface area contributed by atoms with Crippen molar-refractivity contribution in [2.75, 3.05) is 13.1 Å². The highest BCUT2D eigenvalue weighted by atomic mass is 15.3. The number of rotatable bonds is 3. The fourth-order valence-corrected chi connectivity index (χ4v) is 3.03. The number of hydrogen-bond acceptors (Lipinski definition) is 3. The van der Waals surface area contributed by atoms with Crippen molar-refractivity contribution >= 4 is 0 Å². The zero-order valence-corrected chi connectivity index (χ0v) is 14.5. The van der Waals surface area contributed by atoms with Gasteiger partial charge in [0.1, 0.15) is 0 Å². The Kier molecular flexibility index (Phi) is 4.74. The van der Waals surface area contributed by atoms with Crippen LogP contribution in [-0.2, 0) is 6.54 Å². The lowest BCUT2D eigenvalue weighted by molar-refractivity contribution is 0.0148. The molecule has 0 saturated carbocycles. The van der Waals surface area contributed by atoms with Crippen LogP contribution in [0.3, 0.4) is 0 Å². The van der Waals surface area contributed by atoms with Crippen molar-refractivity contribution in [3.05, 3.63) is 29.6 Å². The lowest BCUT2D eigenvalue weighted by Gasteiger charge is -2.50. The van der Waals surface area contributed by atoms with Crippen LogP contribution in [0.2, 0.25) is 0 Å². The topological polar surface area (TPSA) is 28.2 Å². The van der Waals surface area contributed by atoms with Crippen molar-refractivity contribution in [1.82, 2.24) is 15.2 Å². The molecular formula is C18H31N3. The quantitative estimate of drug-likeness (QED) is 0.924. The van der Waals surface area contributed by atoms with Crippen LogP contribution in [0, 0.1) is 12.3 Å². The van der Waals surface area contributed by atoms with Gasteiger partial charge in [-0.3, -0.25) is 9.88 Å². The molecule has 1 aliphatic heterocycles. The van der Waals surface area contributed by atoms with E-state index in [-0.39, 0.29) is 11.0 Å². The molecular weight excluding hydrogens is 258 g/mol. The summed E-state index contributed by atoms with van der Waals surface area (Å²) in [5.74, 6) is 0. The SMILES string of the molecule is CCC1(C)CNC(C(C)(C)C)CN1Cc1cccc(C)n1. The van der Waals surface area contributed by atoms with Gasteiger partial charge in [-0.2, -0.15) is 0 Å². The maximum Gasteiger partial charge on any atom is 0.0547 e. The minimum atomic E-state index is 0.215. The maximum absolute atomic E-state index is 4.69. The van der Waals surface area contributed by atoms with Crippen molar-refractivity contribution in [3.8, 4) is 0 Å². The van der Waals surface area contributed by atoms with Crippen molar-refractivity contribution in [2.45, 2.75) is 66.1 Å². The Bertz CT molecular complexity index is 478. The molecule has 2 atom stereocenters. The molecule has 1 aromatic rings. The zero-order valence-electron chi connectivity index (χ0n) is 14.5. The Morgan fingerprint density at radius 2 is 2.10 bits per heavy atom. The molecule has 118 valence electrons. The Hall–Kier alpha value is -0.930. The predicted molar refractivity (Wildman–Crippen MR) is 89.3 cm³/mol. The fourth-order valence-electron chi connectivity index (χ4n) is 3.03. The van der Waals surface area contributed by atoms with Crippen molar-refractivity contribution < 1.29 is 0 Å². The van der Waals surface area contributed by atoms with E-state index in [2.05, 4.69) is 70.0 Å². The van der Waals surface area contributed by atoms with E-state index in [9.17, 15) is 0 Å². The van der Waals surface area contributed by atoms with E-state index >= 15 is 0 Å². The number of piperazine rings is 1. The van der Waals surface area contributed by atoms with Gasteiger partial charge in [0.15, 0.2) is 0 Å². The highest BCUT2D eigenvalue weighted by Gasteiger charge is 2.39. The molecule has 0 spiro atoms. The third kappa shape index (κ3) is 3.83. The summed E-state index contributed by atoms with van der Waals surface area (Å²) >= 11 is 0. The van der Waals surface area contributed by atoms with E-state index < -0.39 is 0 Å². The smallest absolute Gasteiger partial charge is 0.0547 e. The van der Waals surface area contributed by atoms with E-state index in [0.717, 1.165) is 31.7 Å². The molecule has 0 radical (unpaired) electrons. The molecule has 0 amide bonds. The van der Waals surface area contributed by atoms with Gasteiger partial charge in [0.2, 0.25) is 0 Å². The van der Waals surface area contributed by atoms with Gasteiger partial charge >= 0.3 is 0 Å². The van der Waals surface area contributed by atoms with Crippen molar-refractivity contribution in [3.63, 3.8) is 0 Å². The highest BCUT2D eigenvalue weighted by molar-refractivity contribution is 5.11. The molecule has 21 heavy (non-hydrogen) atoms. The van der Waals surface area contributed by atoms with Crippen LogP contribution in [0.25, 0.3) is 0 Å². The van der Waals surface area contributed by atoms with Crippen LogP contribution in [0.5, 0.6) is 0 Å². The first-order chi connectivity index (χ1) is 9.74. The number of hydrogen-bond donors (Lipinski definition) is 1. The van der Waals surface area contributed by atoms with Crippen LogP contribution in [0.15, 0.2) is 18.2 Å². The van der Waals surface area contributed by atoms with Crippen molar-refractivity contribution in [1.29, 1.82) is 0 Å². The van der Waals surface area contributed by atoms with E-state index in [0.29, 0.717) is 6.04 Å². The lowest BCUT2D eigenvalue weighted by Crippen LogP contribution is -2.65. The van der Waals surface area contributed by atoms with Crippen LogP contribution < -0.4 is 5.32 Å². The molecule has 1 saturated heterocycles. The van der Waals surface area contributed by atoms with Gasteiger partial charge in [0.05, 0.1) is 5.69 Å². The average Bonchev–Trinajstić information content (AvgIpc) is 2.40. The molecule has 0 aliphatic carbocycles. The second-order valence-electron chi connectivity index (χ2n) is 7.80. The van der Waals surface area contributed by atoms with E-state index in [4.69, 9.17) is 4.98 Å². The predicted octanol–water partition coefficient (Wildman–Crippen LogP) is 3.38. The standard InChI is InChI=1S/C18H31N3/c1-7-18(6)13-19-16(17(3,4)5)12-21(18)11-15-10-8-9-14(2)20-15/h8-10,16,19H,7,11-13H2,1-6H3. The molecule has 3 heteroatoms. The van der Waals surface area contributed by atoms with Gasteiger partial charge in [0.25, 0.3) is 0 Å². The van der Waals surface area contributed by atoms with Crippen LogP contribution in [0.4, 0.5) is 0 Å². The first-order valence-electron chi connectivity index (χ1n) is 8.15. The summed E-state index contributed by atoms with van der Waals surface area (Å²) in [7, 11) is 0. The van der Waals surface area contributed by atoms with Crippen LogP contribution in [-0.4, -0.2) is 34.6 Å². The zero-order chi connectivity index (χ0) is 15.7. The Labute approximate surface area is 130 Å². The highest BCUT2D eigenvalue weighted by Crippen LogP contribution is 2.30. The van der Waals surface area contributed by atoms with E-state index in [1.54, 1.807) is 0 Å². The van der Waals surface area contributed by atoms with E-state index in [1.807, 2.05) is 0 Å². The first-order valence-corrected chi connectivity index (χ1v) is 8.15. The first kappa shape index (κ1) is 16.4. The Morgan fingerprint density at radius 3 is 2.67 bits per heavy atom. The molecule has 1 aromatic heterocycles. The minimum absolute atomic E-state index is 0.215. The molecule has 2 rings (SSSR count). The number of pyridine rings is 1. The lowest BCUT2D eigenvalue weighted by atomic mass is 9.81. The molecule has 2 heterocycles. The minimum Gasteiger partial charge on any atom is -0.310 e. The molecule has 0 bridgehead atoms. The summed E-state index contributed by atoms with van der Waals surface area (Å²) in [6.07, 6.45) is 1.16. The van der Waals surface area contributed by atoms with Gasteiger partial charge in [-0.25, -0.2) is 0 Å². The number of aromatic nitrogens is 1. The second kappa shape index (κ2) is 6.05. The third-order valence-electron chi connectivity index (χ3n) is 5.00. The van der Waals surface area contributed by atoms with Gasteiger partial charge in [-0.05, 0) is 37.8 Å². The molecule has 1 N–H and O–H groups in total. The summed E-state index contributed by atoms with van der Waals surface area (Å²) in [6, 6.07) is 6.86. The molecule has 0 aromatic carbocycles. The molecule has 1 aliphatic rings. The third-order valence-corrected chi connectivity index (χ3v) is 5.00. The molecule has 3 nitrogen and oxygen atoms in total. The van der Waals surface area contributed by atoms with Crippen LogP contribution in [0.1, 0.15) is 52.4 Å². The van der Waals surface area contributed by atoms with Crippen LogP contribution >= 0.6 is 0 Å². The van der Waals surface area contributed by atoms with E-state index in [1.165, 1.54) is 5.69 Å². The van der Waals surface area contributed by atoms with Gasteiger partial charge < -0.3 is 5.32 Å². The fraction of sp³-hybridized carbons (Fsp3) is 0.722. The summed E-state index contributed by atoms with van der Waals surface area (Å²) in [6.45, 7) is 16.8. The number of nitrogens with zero attached hydrogens (tertiary/aromatic N) is 2. The molecule has 1 fully saturated rings. The second-order valence-corrected chi connectivity index (χ2v) is 7.80. The van der Waals surface area contributed by atoms with Gasteiger partial charge in [0, 0.05) is 36.9 Å². The normalized spacial score (nSPS) is 27.8. The Balaban J connectivity index is 2.18. The number of aryl methyl sites for hydroxylation is 1.